The first-order valence-electron chi connectivity index (χ1n) is 11.4. The number of benzene rings is 1. The van der Waals surface area contributed by atoms with Crippen LogP contribution in [0.2, 0.25) is 0 Å². The summed E-state index contributed by atoms with van der Waals surface area (Å²) in [5, 5.41) is 0. The summed E-state index contributed by atoms with van der Waals surface area (Å²) >= 11 is 0. The fourth-order valence-corrected chi connectivity index (χ4v) is 5.34. The van der Waals surface area contributed by atoms with Crippen LogP contribution in [0.5, 0.6) is 5.75 Å². The molecular formula is C25H28FN5O4S. The molecule has 0 saturated carbocycles. The van der Waals surface area contributed by atoms with E-state index in [0.717, 1.165) is 6.42 Å². The standard InChI is InChI=1S/C25H28FN5O4S/c1-15-9-11-31(25(15,2)3)23-19(24(32)30-36(33,34)21-6-5-10-28-22(21)27)7-8-20(29-23)16-12-17(26)14-18(13-16)35-4/h5-8,10,12-15H,9,11H2,1-4H3,(H2,27,28)(H,30,32). The molecular weight excluding hydrogens is 485 g/mol. The molecule has 1 amide bonds. The first-order valence-corrected chi connectivity index (χ1v) is 12.8. The van der Waals surface area contributed by atoms with E-state index in [-0.39, 0.29) is 27.7 Å². The van der Waals surface area contributed by atoms with Crippen LogP contribution < -0.4 is 20.1 Å². The second-order valence-corrected chi connectivity index (χ2v) is 10.9. The van der Waals surface area contributed by atoms with Gasteiger partial charge in [0.2, 0.25) is 0 Å². The molecule has 0 aliphatic carbocycles. The third kappa shape index (κ3) is 4.70. The molecule has 0 radical (unpaired) electrons. The zero-order chi connectivity index (χ0) is 26.3. The Kier molecular flexibility index (Phi) is 6.61. The number of hydrogen-bond donors (Lipinski definition) is 2. The van der Waals surface area contributed by atoms with Crippen LogP contribution in [-0.4, -0.2) is 43.5 Å². The van der Waals surface area contributed by atoms with Gasteiger partial charge in [-0.15, -0.1) is 0 Å². The van der Waals surface area contributed by atoms with E-state index in [1.165, 1.54) is 43.6 Å². The number of halogens is 1. The average molecular weight is 514 g/mol. The Hall–Kier alpha value is -3.73. The van der Waals surface area contributed by atoms with Gasteiger partial charge in [-0.1, -0.05) is 6.92 Å². The maximum atomic E-state index is 14.2. The number of nitrogens with zero attached hydrogens (tertiary/aromatic N) is 3. The number of nitrogens with two attached hydrogens (primary N) is 1. The fourth-order valence-electron chi connectivity index (χ4n) is 4.29. The molecule has 0 bridgehead atoms. The second-order valence-electron chi connectivity index (χ2n) is 9.26. The summed E-state index contributed by atoms with van der Waals surface area (Å²) in [7, 11) is -2.86. The van der Waals surface area contributed by atoms with Gasteiger partial charge in [0.1, 0.15) is 28.1 Å². The van der Waals surface area contributed by atoms with Crippen molar-refractivity contribution in [3.63, 3.8) is 0 Å². The molecule has 1 aliphatic heterocycles. The lowest BCUT2D eigenvalue weighted by molar-refractivity contribution is 0.0981. The van der Waals surface area contributed by atoms with Gasteiger partial charge in [-0.3, -0.25) is 4.79 Å². The number of methoxy groups -OCH3 is 1. The molecule has 3 heterocycles. The van der Waals surface area contributed by atoms with Crippen molar-refractivity contribution in [3.05, 3.63) is 60.0 Å². The lowest BCUT2D eigenvalue weighted by atomic mass is 9.90. The van der Waals surface area contributed by atoms with Gasteiger partial charge >= 0.3 is 0 Å². The lowest BCUT2D eigenvalue weighted by Crippen LogP contribution is -2.43. The summed E-state index contributed by atoms with van der Waals surface area (Å²) in [5.41, 5.74) is 6.29. The molecule has 9 nitrogen and oxygen atoms in total. The van der Waals surface area contributed by atoms with Gasteiger partial charge in [-0.25, -0.2) is 27.5 Å². The van der Waals surface area contributed by atoms with Crippen LogP contribution in [0, 0.1) is 11.7 Å². The quantitative estimate of drug-likeness (QED) is 0.512. The molecule has 11 heteroatoms. The van der Waals surface area contributed by atoms with Gasteiger partial charge < -0.3 is 15.4 Å². The molecule has 3 aromatic rings. The highest BCUT2D eigenvalue weighted by Crippen LogP contribution is 2.39. The third-order valence-corrected chi connectivity index (χ3v) is 8.16. The molecule has 1 aliphatic rings. The summed E-state index contributed by atoms with van der Waals surface area (Å²) in [6.07, 6.45) is 2.22. The van der Waals surface area contributed by atoms with Crippen molar-refractivity contribution in [3.8, 4) is 17.0 Å². The van der Waals surface area contributed by atoms with Gasteiger partial charge in [-0.2, -0.15) is 0 Å². The predicted octanol–water partition coefficient (Wildman–Crippen LogP) is 3.62. The number of amides is 1. The normalized spacial score (nSPS) is 17.1. The number of sulfonamides is 1. The molecule has 1 aromatic carbocycles. The Labute approximate surface area is 209 Å². The number of ether oxygens (including phenoxy) is 1. The number of pyridine rings is 2. The Balaban J connectivity index is 1.80. The molecule has 0 spiro atoms. The van der Waals surface area contributed by atoms with Crippen LogP contribution >= 0.6 is 0 Å². The maximum absolute atomic E-state index is 14.2. The summed E-state index contributed by atoms with van der Waals surface area (Å²) in [6, 6.07) is 9.94. The molecule has 3 N–H and O–H groups in total. The molecule has 36 heavy (non-hydrogen) atoms. The van der Waals surface area contributed by atoms with Crippen molar-refractivity contribution in [2.75, 3.05) is 24.3 Å². The number of anilines is 2. The maximum Gasteiger partial charge on any atom is 0.268 e. The van der Waals surface area contributed by atoms with Crippen LogP contribution in [0.15, 0.2) is 53.6 Å². The fraction of sp³-hybridized carbons (Fsp3) is 0.320. The van der Waals surface area contributed by atoms with E-state index in [1.807, 2.05) is 18.7 Å². The molecule has 190 valence electrons. The monoisotopic (exact) mass is 513 g/mol. The number of carbonyl (C=O) groups is 1. The van der Waals surface area contributed by atoms with Crippen molar-refractivity contribution in [2.24, 2.45) is 5.92 Å². The van der Waals surface area contributed by atoms with E-state index >= 15 is 0 Å². The minimum atomic E-state index is -4.29. The smallest absolute Gasteiger partial charge is 0.268 e. The summed E-state index contributed by atoms with van der Waals surface area (Å²) < 4.78 is 47.3. The number of carbonyl (C=O) groups excluding carboxylic acids is 1. The first-order chi connectivity index (χ1) is 16.9. The van der Waals surface area contributed by atoms with Crippen molar-refractivity contribution in [1.82, 2.24) is 14.7 Å². The minimum Gasteiger partial charge on any atom is -0.497 e. The Morgan fingerprint density at radius 1 is 1.25 bits per heavy atom. The van der Waals surface area contributed by atoms with Gasteiger partial charge in [0.25, 0.3) is 15.9 Å². The molecule has 1 atom stereocenters. The van der Waals surface area contributed by atoms with Crippen molar-refractivity contribution in [2.45, 2.75) is 37.6 Å². The van der Waals surface area contributed by atoms with Crippen LogP contribution in [0.1, 0.15) is 37.6 Å². The molecule has 4 rings (SSSR count). The van der Waals surface area contributed by atoms with Crippen molar-refractivity contribution in [1.29, 1.82) is 0 Å². The van der Waals surface area contributed by atoms with E-state index in [4.69, 9.17) is 15.5 Å². The van der Waals surface area contributed by atoms with Gasteiger partial charge in [0.05, 0.1) is 18.4 Å². The highest BCUT2D eigenvalue weighted by molar-refractivity contribution is 7.90. The summed E-state index contributed by atoms with van der Waals surface area (Å²) in [4.78, 5) is 23.5. The van der Waals surface area contributed by atoms with E-state index in [0.29, 0.717) is 29.4 Å². The molecule has 1 fully saturated rings. The first kappa shape index (κ1) is 25.4. The average Bonchev–Trinajstić information content (AvgIpc) is 3.09. The van der Waals surface area contributed by atoms with Gasteiger partial charge in [0.15, 0.2) is 0 Å². The van der Waals surface area contributed by atoms with Gasteiger partial charge in [0, 0.05) is 29.9 Å². The number of nitrogens with one attached hydrogen (secondary N) is 1. The van der Waals surface area contributed by atoms with Crippen LogP contribution in [-0.2, 0) is 10.0 Å². The lowest BCUT2D eigenvalue weighted by Gasteiger charge is -2.36. The Morgan fingerprint density at radius 2 is 2.00 bits per heavy atom. The number of rotatable bonds is 6. The van der Waals surface area contributed by atoms with Crippen LogP contribution in [0.4, 0.5) is 16.0 Å². The summed E-state index contributed by atoms with van der Waals surface area (Å²) in [6.45, 7) is 6.80. The molecule has 1 saturated heterocycles. The molecule has 2 aromatic heterocycles. The second kappa shape index (κ2) is 9.38. The number of nitrogen functional groups attached to an aromatic ring is 1. The SMILES string of the molecule is COc1cc(F)cc(-c2ccc(C(=O)NS(=O)(=O)c3cccnc3N)c(N3CCC(C)C3(C)C)n2)c1. The topological polar surface area (TPSA) is 128 Å². The number of aromatic nitrogens is 2. The minimum absolute atomic E-state index is 0.0651. The van der Waals surface area contributed by atoms with Crippen molar-refractivity contribution < 1.29 is 22.3 Å². The summed E-state index contributed by atoms with van der Waals surface area (Å²) in [5.74, 6) is -0.667. The van der Waals surface area contributed by atoms with Crippen LogP contribution in [0.3, 0.4) is 0 Å². The van der Waals surface area contributed by atoms with Crippen LogP contribution in [0.25, 0.3) is 11.3 Å². The highest BCUT2D eigenvalue weighted by atomic mass is 32.2. The third-order valence-electron chi connectivity index (χ3n) is 6.78. The number of hydrogen-bond acceptors (Lipinski definition) is 8. The largest absolute Gasteiger partial charge is 0.497 e. The van der Waals surface area contributed by atoms with E-state index in [9.17, 15) is 17.6 Å². The Morgan fingerprint density at radius 3 is 2.64 bits per heavy atom. The highest BCUT2D eigenvalue weighted by Gasteiger charge is 2.41. The van der Waals surface area contributed by atoms with E-state index in [2.05, 4.69) is 16.6 Å². The van der Waals surface area contributed by atoms with E-state index < -0.39 is 21.7 Å². The van der Waals surface area contributed by atoms with E-state index in [1.54, 1.807) is 12.1 Å². The predicted molar refractivity (Wildman–Crippen MR) is 135 cm³/mol. The van der Waals surface area contributed by atoms with Gasteiger partial charge in [-0.05, 0) is 62.6 Å². The Bertz CT molecular complexity index is 1430. The van der Waals surface area contributed by atoms with Crippen molar-refractivity contribution >= 4 is 27.6 Å². The zero-order valence-electron chi connectivity index (χ0n) is 20.4. The zero-order valence-corrected chi connectivity index (χ0v) is 21.3. The molecule has 1 unspecified atom stereocenters.